The molecule has 0 aliphatic carbocycles. The number of hydrogen-bond donors (Lipinski definition) is 0. The van der Waals surface area contributed by atoms with Gasteiger partial charge in [0.2, 0.25) is 0 Å². The Balaban J connectivity index is 1.84. The lowest BCUT2D eigenvalue weighted by Gasteiger charge is -2.19. The smallest absolute Gasteiger partial charge is 0.253 e. The van der Waals surface area contributed by atoms with Crippen LogP contribution in [0.3, 0.4) is 0 Å². The summed E-state index contributed by atoms with van der Waals surface area (Å²) in [5.41, 5.74) is 2.31. The summed E-state index contributed by atoms with van der Waals surface area (Å²) in [7, 11) is 0. The molecule has 2 aromatic rings. The molecule has 2 rings (SSSR count). The average molecular weight is 299 g/mol. The van der Waals surface area contributed by atoms with Crippen LogP contribution >= 0.6 is 0 Å². The number of nitrogens with zero attached hydrogens (tertiary/aromatic N) is 1. The van der Waals surface area contributed by atoms with Gasteiger partial charge in [-0.05, 0) is 42.5 Å². The fraction of sp³-hybridized carbons (Fsp3) is 0.421. The molecule has 1 aromatic carbocycles. The van der Waals surface area contributed by atoms with Crippen LogP contribution in [0.1, 0.15) is 38.3 Å². The summed E-state index contributed by atoms with van der Waals surface area (Å²) in [4.78, 5) is 11.9. The average Bonchev–Trinajstić information content (AvgIpc) is 2.47. The minimum absolute atomic E-state index is 0.0806. The number of aryl methyl sites for hydroxylation is 2. The molecule has 118 valence electrons. The molecule has 0 spiro atoms. The first-order chi connectivity index (χ1) is 10.4. The van der Waals surface area contributed by atoms with Gasteiger partial charge in [0.05, 0.1) is 6.61 Å². The SMILES string of the molecule is Cc1cccn(CCCOc2ccc(C(C)(C)C)cc2)c1=O. The first kappa shape index (κ1) is 16.3. The van der Waals surface area contributed by atoms with Gasteiger partial charge in [-0.15, -0.1) is 0 Å². The van der Waals surface area contributed by atoms with Gasteiger partial charge in [-0.3, -0.25) is 4.79 Å². The van der Waals surface area contributed by atoms with Crippen molar-refractivity contribution in [1.29, 1.82) is 0 Å². The number of pyridine rings is 1. The van der Waals surface area contributed by atoms with E-state index in [2.05, 4.69) is 32.9 Å². The van der Waals surface area contributed by atoms with E-state index >= 15 is 0 Å². The molecule has 0 N–H and O–H groups in total. The van der Waals surface area contributed by atoms with E-state index in [1.54, 1.807) is 4.57 Å². The highest BCUT2D eigenvalue weighted by Gasteiger charge is 2.12. The van der Waals surface area contributed by atoms with Crippen LogP contribution in [0.2, 0.25) is 0 Å². The van der Waals surface area contributed by atoms with Gasteiger partial charge in [0.25, 0.3) is 5.56 Å². The standard InChI is InChI=1S/C19H25NO2/c1-15-7-5-12-20(18(15)21)13-6-14-22-17-10-8-16(9-11-17)19(2,3)4/h5,7-12H,6,13-14H2,1-4H3. The highest BCUT2D eigenvalue weighted by molar-refractivity contribution is 5.31. The van der Waals surface area contributed by atoms with Gasteiger partial charge in [-0.2, -0.15) is 0 Å². The van der Waals surface area contributed by atoms with Crippen LogP contribution in [0.4, 0.5) is 0 Å². The molecule has 0 saturated heterocycles. The van der Waals surface area contributed by atoms with Gasteiger partial charge in [0.15, 0.2) is 0 Å². The van der Waals surface area contributed by atoms with E-state index in [0.717, 1.165) is 17.7 Å². The van der Waals surface area contributed by atoms with E-state index < -0.39 is 0 Å². The molecule has 0 fully saturated rings. The number of rotatable bonds is 5. The van der Waals surface area contributed by atoms with Crippen LogP contribution in [0.5, 0.6) is 5.75 Å². The molecule has 0 atom stereocenters. The van der Waals surface area contributed by atoms with E-state index in [0.29, 0.717) is 13.2 Å². The molecule has 0 aliphatic rings. The Morgan fingerprint density at radius 1 is 1.09 bits per heavy atom. The quantitative estimate of drug-likeness (QED) is 0.783. The zero-order valence-corrected chi connectivity index (χ0v) is 13.9. The monoisotopic (exact) mass is 299 g/mol. The fourth-order valence-electron chi connectivity index (χ4n) is 2.31. The van der Waals surface area contributed by atoms with Gasteiger partial charge >= 0.3 is 0 Å². The summed E-state index contributed by atoms with van der Waals surface area (Å²) in [6.45, 7) is 9.72. The first-order valence-corrected chi connectivity index (χ1v) is 7.77. The maximum atomic E-state index is 11.9. The second-order valence-corrected chi connectivity index (χ2v) is 6.67. The number of aromatic nitrogens is 1. The van der Waals surface area contributed by atoms with E-state index in [1.165, 1.54) is 5.56 Å². The van der Waals surface area contributed by atoms with Crippen molar-refractivity contribution in [3.63, 3.8) is 0 Å². The van der Waals surface area contributed by atoms with Crippen molar-refractivity contribution in [2.24, 2.45) is 0 Å². The van der Waals surface area contributed by atoms with Crippen LogP contribution < -0.4 is 10.3 Å². The molecule has 22 heavy (non-hydrogen) atoms. The largest absolute Gasteiger partial charge is 0.494 e. The summed E-state index contributed by atoms with van der Waals surface area (Å²) in [5.74, 6) is 0.879. The number of benzene rings is 1. The lowest BCUT2D eigenvalue weighted by atomic mass is 9.87. The Kier molecular flexibility index (Phi) is 5.07. The Labute approximate surface area is 132 Å². The van der Waals surface area contributed by atoms with Crippen molar-refractivity contribution < 1.29 is 4.74 Å². The zero-order chi connectivity index (χ0) is 16.2. The van der Waals surface area contributed by atoms with Gasteiger partial charge in [0.1, 0.15) is 5.75 Å². The minimum atomic E-state index is 0.0806. The van der Waals surface area contributed by atoms with Crippen LogP contribution in [0.15, 0.2) is 47.4 Å². The van der Waals surface area contributed by atoms with Gasteiger partial charge in [-0.25, -0.2) is 0 Å². The van der Waals surface area contributed by atoms with Crippen LogP contribution in [0, 0.1) is 6.92 Å². The van der Waals surface area contributed by atoms with Gasteiger partial charge in [-0.1, -0.05) is 39.0 Å². The van der Waals surface area contributed by atoms with Crippen molar-refractivity contribution in [3.05, 3.63) is 64.1 Å². The molecule has 1 aromatic heterocycles. The summed E-state index contributed by atoms with van der Waals surface area (Å²) in [6.07, 6.45) is 2.64. The second-order valence-electron chi connectivity index (χ2n) is 6.67. The van der Waals surface area contributed by atoms with E-state index in [4.69, 9.17) is 4.74 Å². The molecule has 0 saturated carbocycles. The van der Waals surface area contributed by atoms with Crippen molar-refractivity contribution in [2.45, 2.75) is 46.1 Å². The molecule has 3 nitrogen and oxygen atoms in total. The summed E-state index contributed by atoms with van der Waals surface area (Å²) >= 11 is 0. The van der Waals surface area contributed by atoms with Crippen molar-refractivity contribution in [3.8, 4) is 5.75 Å². The Bertz CT molecular complexity index is 663. The van der Waals surface area contributed by atoms with Crippen molar-refractivity contribution in [2.75, 3.05) is 6.61 Å². The predicted molar refractivity (Wildman–Crippen MR) is 90.7 cm³/mol. The van der Waals surface area contributed by atoms with Crippen LogP contribution in [-0.2, 0) is 12.0 Å². The third-order valence-electron chi connectivity index (χ3n) is 3.74. The lowest BCUT2D eigenvalue weighted by molar-refractivity contribution is 0.300. The molecule has 0 radical (unpaired) electrons. The fourth-order valence-corrected chi connectivity index (χ4v) is 2.31. The Hall–Kier alpha value is -2.03. The molecule has 0 unspecified atom stereocenters. The van der Waals surface area contributed by atoms with Gasteiger partial charge in [0, 0.05) is 18.3 Å². The van der Waals surface area contributed by atoms with Gasteiger partial charge < -0.3 is 9.30 Å². The normalized spacial score (nSPS) is 11.5. The molecular weight excluding hydrogens is 274 g/mol. The van der Waals surface area contributed by atoms with E-state index in [-0.39, 0.29) is 11.0 Å². The molecule has 3 heteroatoms. The summed E-state index contributed by atoms with van der Waals surface area (Å²) in [6, 6.07) is 12.0. The van der Waals surface area contributed by atoms with Crippen LogP contribution in [0.25, 0.3) is 0 Å². The third kappa shape index (κ3) is 4.23. The Morgan fingerprint density at radius 3 is 2.41 bits per heavy atom. The topological polar surface area (TPSA) is 31.2 Å². The summed E-state index contributed by atoms with van der Waals surface area (Å²) in [5, 5.41) is 0. The minimum Gasteiger partial charge on any atom is -0.494 e. The highest BCUT2D eigenvalue weighted by atomic mass is 16.5. The highest BCUT2D eigenvalue weighted by Crippen LogP contribution is 2.24. The summed E-state index contributed by atoms with van der Waals surface area (Å²) < 4.78 is 7.49. The maximum absolute atomic E-state index is 11.9. The Morgan fingerprint density at radius 2 is 1.77 bits per heavy atom. The molecule has 0 bridgehead atoms. The maximum Gasteiger partial charge on any atom is 0.253 e. The van der Waals surface area contributed by atoms with E-state index in [9.17, 15) is 4.79 Å². The zero-order valence-electron chi connectivity index (χ0n) is 13.9. The molecule has 0 amide bonds. The lowest BCUT2D eigenvalue weighted by Crippen LogP contribution is -2.22. The number of hydrogen-bond acceptors (Lipinski definition) is 2. The van der Waals surface area contributed by atoms with Crippen molar-refractivity contribution >= 4 is 0 Å². The second kappa shape index (κ2) is 6.82. The predicted octanol–water partition coefficient (Wildman–Crippen LogP) is 3.92. The third-order valence-corrected chi connectivity index (χ3v) is 3.74. The molecule has 1 heterocycles. The molecule has 0 aliphatic heterocycles. The van der Waals surface area contributed by atoms with Crippen LogP contribution in [-0.4, -0.2) is 11.2 Å². The van der Waals surface area contributed by atoms with Crippen molar-refractivity contribution in [1.82, 2.24) is 4.57 Å². The molecular formula is C19H25NO2. The van der Waals surface area contributed by atoms with E-state index in [1.807, 2.05) is 37.4 Å². The first-order valence-electron chi connectivity index (χ1n) is 7.77. The number of ether oxygens (including phenoxy) is 1.